The number of aliphatic hydroxyl groups excluding tert-OH is 1. The van der Waals surface area contributed by atoms with Gasteiger partial charge < -0.3 is 45.3 Å². The number of para-hydroxylation sites is 1. The van der Waals surface area contributed by atoms with Gasteiger partial charge in [-0.1, -0.05) is 99.6 Å². The molecule has 65 heavy (non-hydrogen) atoms. The van der Waals surface area contributed by atoms with Crippen molar-refractivity contribution in [1.82, 2.24) is 5.32 Å². The summed E-state index contributed by atoms with van der Waals surface area (Å²) in [5, 5.41) is 40.9. The maximum Gasteiger partial charge on any atom is 0.341 e. The Morgan fingerprint density at radius 1 is 0.800 bits per heavy atom. The molecule has 4 aromatic rings. The van der Waals surface area contributed by atoms with Crippen LogP contribution in [0.25, 0.3) is 0 Å². The Morgan fingerprint density at radius 3 is 1.98 bits per heavy atom. The number of amides is 1. The predicted octanol–water partition coefficient (Wildman–Crippen LogP) is 5.07. The van der Waals surface area contributed by atoms with E-state index in [0.29, 0.717) is 5.56 Å². The number of ketones is 1. The van der Waals surface area contributed by atoms with Gasteiger partial charge in [-0.25, -0.2) is 14.4 Å². The predicted molar refractivity (Wildman–Crippen MR) is 231 cm³/mol. The van der Waals surface area contributed by atoms with E-state index >= 15 is 4.79 Å². The van der Waals surface area contributed by atoms with Crippen molar-refractivity contribution in [1.29, 1.82) is 0 Å². The van der Waals surface area contributed by atoms with Crippen LogP contribution in [0.3, 0.4) is 0 Å². The Hall–Kier alpha value is -4.75. The van der Waals surface area contributed by atoms with E-state index in [2.05, 4.69) is 5.32 Å². The number of fused-ring (bicyclic) bond motifs is 5. The van der Waals surface area contributed by atoms with E-state index in [1.165, 1.54) is 24.3 Å². The molecule has 3 fully saturated rings. The van der Waals surface area contributed by atoms with Crippen molar-refractivity contribution in [3.8, 4) is 0 Å². The standard InChI is InChI=1S/C50H52N2O12.Ac/c1-28-34(62-46(58)38(53)37(29-16-8-5-9-17-29)52-43(55)30-18-10-6-11-19-30)26-50(60)42(64-44(56)31-20-12-7-13-21-31)40-48(4,25-24-35-49(40,59)27-61-35)41(54)39(36(28)47(50,2)3)63-45(57)32-22-14-15-23-33(32)51;/h5-23,34-35,37-40,42,53,59-60H,24-27,51H2,1-4H3,(H,52,55);/t34?,35?,37?,38?,39?,40?,42-,48+,49?,50?;/m0./s1. The van der Waals surface area contributed by atoms with Gasteiger partial charge in [0.15, 0.2) is 18.0 Å². The molecule has 0 spiro atoms. The van der Waals surface area contributed by atoms with Crippen molar-refractivity contribution < 1.29 is 102 Å². The Kier molecular flexibility index (Phi) is 13.7. The van der Waals surface area contributed by atoms with Gasteiger partial charge in [0.2, 0.25) is 0 Å². The molecule has 337 valence electrons. The van der Waals surface area contributed by atoms with Crippen molar-refractivity contribution in [3.05, 3.63) is 149 Å². The first-order chi connectivity index (χ1) is 30.4. The van der Waals surface area contributed by atoms with Crippen LogP contribution in [0.15, 0.2) is 126 Å². The first-order valence-corrected chi connectivity index (χ1v) is 21.3. The summed E-state index contributed by atoms with van der Waals surface area (Å²) in [4.78, 5) is 72.0. The number of hydrogen-bond acceptors (Lipinski definition) is 13. The summed E-state index contributed by atoms with van der Waals surface area (Å²) < 4.78 is 24.7. The van der Waals surface area contributed by atoms with Crippen LogP contribution in [0.2, 0.25) is 0 Å². The zero-order valence-electron chi connectivity index (χ0n) is 36.5. The monoisotopic (exact) mass is 1100 g/mol. The summed E-state index contributed by atoms with van der Waals surface area (Å²) in [6.07, 6.45) is -7.84. The van der Waals surface area contributed by atoms with E-state index < -0.39 is 101 Å². The Labute approximate surface area is 412 Å². The van der Waals surface area contributed by atoms with Gasteiger partial charge in [-0.2, -0.15) is 0 Å². The molecule has 10 atom stereocenters. The number of nitrogens with two attached hydrogens (primary N) is 1. The number of esters is 3. The van der Waals surface area contributed by atoms with E-state index in [9.17, 15) is 34.5 Å². The number of ether oxygens (including phenoxy) is 4. The molecule has 8 rings (SSSR count). The summed E-state index contributed by atoms with van der Waals surface area (Å²) in [6, 6.07) is 29.5. The van der Waals surface area contributed by atoms with Crippen molar-refractivity contribution >= 4 is 35.3 Å². The van der Waals surface area contributed by atoms with Crippen LogP contribution in [0.1, 0.15) is 89.6 Å². The molecule has 1 aliphatic heterocycles. The number of Topliss-reactive ketones (excluding diaryl/α,β-unsaturated/α-hetero) is 1. The van der Waals surface area contributed by atoms with Crippen LogP contribution in [-0.2, 0) is 28.5 Å². The number of carbonyl (C=O) groups is 5. The largest absolute Gasteiger partial charge is 0.456 e. The molecular weight excluding hydrogens is 1050 g/mol. The molecule has 1 amide bonds. The second-order valence-electron chi connectivity index (χ2n) is 18.1. The van der Waals surface area contributed by atoms with Crippen molar-refractivity contribution in [2.24, 2.45) is 16.7 Å². The molecule has 1 saturated heterocycles. The van der Waals surface area contributed by atoms with E-state index in [-0.39, 0.29) is 97.0 Å². The second-order valence-corrected chi connectivity index (χ2v) is 18.1. The second kappa shape index (κ2) is 18.5. The van der Waals surface area contributed by atoms with Crippen LogP contribution in [0, 0.1) is 60.8 Å². The molecule has 8 unspecified atom stereocenters. The number of rotatable bonds is 10. The Balaban J connectivity index is 0.00000630. The first kappa shape index (κ1) is 48.2. The number of aliphatic hydroxyl groups is 3. The van der Waals surface area contributed by atoms with Gasteiger partial charge >= 0.3 is 17.9 Å². The fraction of sp³-hybridized carbons (Fsp3) is 0.380. The molecular formula is C50H52AcN2O12. The Bertz CT molecular complexity index is 2500. The zero-order valence-corrected chi connectivity index (χ0v) is 41.3. The quantitative estimate of drug-likeness (QED) is 0.0607. The van der Waals surface area contributed by atoms with Crippen LogP contribution >= 0.6 is 0 Å². The van der Waals surface area contributed by atoms with E-state index in [1.54, 1.807) is 119 Å². The van der Waals surface area contributed by atoms with Crippen LogP contribution in [-0.4, -0.2) is 93.2 Å². The fourth-order valence-corrected chi connectivity index (χ4v) is 10.5. The smallest absolute Gasteiger partial charge is 0.341 e. The number of benzene rings is 4. The average molecular weight is 1100 g/mol. The zero-order chi connectivity index (χ0) is 45.8. The van der Waals surface area contributed by atoms with E-state index in [1.807, 2.05) is 0 Å². The van der Waals surface area contributed by atoms with Gasteiger partial charge in [0.25, 0.3) is 5.91 Å². The fourth-order valence-electron chi connectivity index (χ4n) is 10.5. The molecule has 1 radical (unpaired) electrons. The number of nitrogen functional groups attached to an aromatic ring is 1. The molecule has 0 aromatic heterocycles. The van der Waals surface area contributed by atoms with Gasteiger partial charge in [-0.05, 0) is 72.9 Å². The summed E-state index contributed by atoms with van der Waals surface area (Å²) >= 11 is 0. The summed E-state index contributed by atoms with van der Waals surface area (Å²) in [5.74, 6) is -5.57. The minimum absolute atomic E-state index is 0. The van der Waals surface area contributed by atoms with Gasteiger partial charge in [-0.3, -0.25) is 9.59 Å². The number of anilines is 1. The van der Waals surface area contributed by atoms with Crippen molar-refractivity contribution in [2.75, 3.05) is 12.3 Å². The summed E-state index contributed by atoms with van der Waals surface area (Å²) in [7, 11) is 0. The third kappa shape index (κ3) is 8.38. The molecule has 15 heteroatoms. The topological polar surface area (TPSA) is 221 Å². The van der Waals surface area contributed by atoms with Gasteiger partial charge in [0.05, 0.1) is 29.9 Å². The number of hydrogen-bond donors (Lipinski definition) is 5. The summed E-state index contributed by atoms with van der Waals surface area (Å²) in [6.45, 7) is 6.16. The molecule has 3 aliphatic carbocycles. The molecule has 2 bridgehead atoms. The van der Waals surface area contributed by atoms with Crippen molar-refractivity contribution in [2.45, 2.75) is 94.7 Å². The number of nitrogens with one attached hydrogen (secondary N) is 1. The third-order valence-corrected chi connectivity index (χ3v) is 14.2. The van der Waals surface area contributed by atoms with Crippen LogP contribution < -0.4 is 11.1 Å². The molecule has 14 nitrogen and oxygen atoms in total. The van der Waals surface area contributed by atoms with E-state index in [4.69, 9.17) is 24.7 Å². The van der Waals surface area contributed by atoms with E-state index in [0.717, 1.165) is 0 Å². The van der Waals surface area contributed by atoms with Crippen LogP contribution in [0.4, 0.5) is 5.69 Å². The maximum atomic E-state index is 15.7. The summed E-state index contributed by atoms with van der Waals surface area (Å²) in [5.41, 5.74) is 0.00527. The molecule has 4 aromatic carbocycles. The average Bonchev–Trinajstić information content (AvgIpc) is 3.28. The molecule has 4 aliphatic rings. The molecule has 6 N–H and O–H groups in total. The van der Waals surface area contributed by atoms with Crippen molar-refractivity contribution in [3.63, 3.8) is 0 Å². The van der Waals surface area contributed by atoms with Gasteiger partial charge in [-0.15, -0.1) is 0 Å². The minimum Gasteiger partial charge on any atom is -0.456 e. The molecule has 1 heterocycles. The van der Waals surface area contributed by atoms with Gasteiger partial charge in [0, 0.05) is 78.5 Å². The van der Waals surface area contributed by atoms with Crippen LogP contribution in [0.5, 0.6) is 0 Å². The minimum atomic E-state index is -2.29. The number of carbonyl (C=O) groups excluding carboxylic acids is 5. The SMILES string of the molecule is CC1=C2C(OC(=O)c3ccccc3N)C(=O)[C@]3(C)CCC4OCC4(O)C3[C@H](OC(=O)c3ccccc3)C(O)(CC1OC(=O)C(O)C(NC(=O)c1ccccc1)c1ccccc1)C2(C)C.[Ac]. The third-order valence-electron chi connectivity index (χ3n) is 14.2. The van der Waals surface area contributed by atoms with Gasteiger partial charge in [0.1, 0.15) is 23.4 Å². The Morgan fingerprint density at radius 2 is 1.38 bits per heavy atom. The maximum absolute atomic E-state index is 15.7. The first-order valence-electron chi connectivity index (χ1n) is 21.3. The normalized spacial score (nSPS) is 29.6. The molecule has 2 saturated carbocycles.